The Labute approximate surface area is 126 Å². The number of carboxylic acids is 1. The molecule has 0 radical (unpaired) electrons. The first-order chi connectivity index (χ1) is 9.65. The van der Waals surface area contributed by atoms with Crippen LogP contribution in [0.1, 0.15) is 16.8 Å². The van der Waals surface area contributed by atoms with Crippen LogP contribution in [0.15, 0.2) is 11.2 Å². The lowest BCUT2D eigenvalue weighted by Crippen LogP contribution is -2.19. The van der Waals surface area contributed by atoms with Gasteiger partial charge < -0.3 is 20.0 Å². The molecule has 1 rings (SSSR count). The van der Waals surface area contributed by atoms with Gasteiger partial charge in [0.05, 0.1) is 11.9 Å². The van der Waals surface area contributed by atoms with Crippen LogP contribution in [0.5, 0.6) is 5.75 Å². The van der Waals surface area contributed by atoms with Crippen LogP contribution in [0, 0.1) is 6.92 Å². The topological polar surface area (TPSA) is 140 Å². The molecule has 10 heteroatoms. The van der Waals surface area contributed by atoms with E-state index in [1.807, 2.05) is 0 Å². The number of aliphatic imine (C=N–C) groups is 1. The predicted octanol–water partition coefficient (Wildman–Crippen LogP) is 0.575. The van der Waals surface area contributed by atoms with Crippen molar-refractivity contribution in [1.82, 2.24) is 4.98 Å². The molecule has 0 aromatic carbocycles. The summed E-state index contributed by atoms with van der Waals surface area (Å²) < 4.78 is 11.1. The lowest BCUT2D eigenvalue weighted by molar-refractivity contribution is -0.137. The number of aryl methyl sites for hydroxylation is 1. The van der Waals surface area contributed by atoms with E-state index in [9.17, 15) is 14.5 Å². The normalized spacial score (nSPS) is 13.5. The molecule has 0 bridgehead atoms. The van der Waals surface area contributed by atoms with Gasteiger partial charge in [-0.1, -0.05) is 0 Å². The highest BCUT2D eigenvalue weighted by Crippen LogP contribution is 2.40. The molecule has 1 aromatic heterocycles. The summed E-state index contributed by atoms with van der Waals surface area (Å²) in [6.45, 7) is 1.50. The fraction of sp³-hybridized carbons (Fsp3) is 0.364. The molecule has 0 saturated heterocycles. The standard InChI is InChI=1S/C11H15N2O6PS/c1-6-10(14)8(3-13-9(5-21)11(15)16)7(2-12-6)4-20(17,18)19/h2-3,9,14,21H,4-5H2,1H3,(H,15,16)(H2,17,18,19). The van der Waals surface area contributed by atoms with E-state index in [1.54, 1.807) is 0 Å². The second-order valence-corrected chi connectivity index (χ2v) is 6.28. The Morgan fingerprint density at radius 3 is 2.67 bits per heavy atom. The van der Waals surface area contributed by atoms with E-state index < -0.39 is 25.8 Å². The van der Waals surface area contributed by atoms with Crippen molar-refractivity contribution in [2.24, 2.45) is 4.99 Å². The first kappa shape index (κ1) is 17.6. The number of nitrogens with zero attached hydrogens (tertiary/aromatic N) is 2. The molecule has 0 aliphatic heterocycles. The summed E-state index contributed by atoms with van der Waals surface area (Å²) >= 11 is 3.85. The Morgan fingerprint density at radius 2 is 2.19 bits per heavy atom. The Kier molecular flexibility index (Phi) is 5.91. The maximum Gasteiger partial charge on any atom is 0.329 e. The van der Waals surface area contributed by atoms with Crippen molar-refractivity contribution < 1.29 is 29.4 Å². The van der Waals surface area contributed by atoms with Gasteiger partial charge in [-0.3, -0.25) is 14.5 Å². The van der Waals surface area contributed by atoms with Gasteiger partial charge in [0.25, 0.3) is 0 Å². The molecule has 116 valence electrons. The molecular weight excluding hydrogens is 319 g/mol. The van der Waals surface area contributed by atoms with Crippen molar-refractivity contribution in [2.75, 3.05) is 5.75 Å². The minimum Gasteiger partial charge on any atom is -0.505 e. The number of aliphatic carboxylic acids is 1. The number of rotatable bonds is 6. The second-order valence-electron chi connectivity index (χ2n) is 4.27. The highest BCUT2D eigenvalue weighted by atomic mass is 32.1. The zero-order chi connectivity index (χ0) is 16.2. The van der Waals surface area contributed by atoms with E-state index in [1.165, 1.54) is 13.1 Å². The average Bonchev–Trinajstić information content (AvgIpc) is 2.35. The van der Waals surface area contributed by atoms with Gasteiger partial charge in [-0.25, -0.2) is 4.79 Å². The molecule has 1 heterocycles. The SMILES string of the molecule is Cc1ncc(CP(=O)(O)O)c(C=NC(CS)C(=O)O)c1O. The minimum atomic E-state index is -4.37. The van der Waals surface area contributed by atoms with Crippen molar-refractivity contribution in [2.45, 2.75) is 19.1 Å². The van der Waals surface area contributed by atoms with Gasteiger partial charge in [0.2, 0.25) is 0 Å². The van der Waals surface area contributed by atoms with Gasteiger partial charge in [0.1, 0.15) is 5.75 Å². The van der Waals surface area contributed by atoms with Crippen LogP contribution in [0.3, 0.4) is 0 Å². The molecule has 1 unspecified atom stereocenters. The molecule has 21 heavy (non-hydrogen) atoms. The highest BCUT2D eigenvalue weighted by Gasteiger charge is 2.20. The van der Waals surface area contributed by atoms with Crippen LogP contribution in [0.2, 0.25) is 0 Å². The lowest BCUT2D eigenvalue weighted by Gasteiger charge is -2.11. The number of carbonyl (C=O) groups is 1. The maximum absolute atomic E-state index is 11.1. The first-order valence-corrected chi connectivity index (χ1v) is 8.17. The molecule has 0 spiro atoms. The monoisotopic (exact) mass is 334 g/mol. The predicted molar refractivity (Wildman–Crippen MR) is 79.3 cm³/mol. The van der Waals surface area contributed by atoms with Crippen LogP contribution in [-0.4, -0.2) is 49.0 Å². The van der Waals surface area contributed by atoms with Crippen LogP contribution in [0.25, 0.3) is 0 Å². The summed E-state index contributed by atoms with van der Waals surface area (Å²) in [4.78, 5) is 36.5. The van der Waals surface area contributed by atoms with Gasteiger partial charge in [-0.2, -0.15) is 12.6 Å². The number of hydrogen-bond donors (Lipinski definition) is 5. The van der Waals surface area contributed by atoms with Gasteiger partial charge in [-0.15, -0.1) is 0 Å². The number of aromatic nitrogens is 1. The zero-order valence-electron chi connectivity index (χ0n) is 11.0. The lowest BCUT2D eigenvalue weighted by atomic mass is 10.1. The summed E-state index contributed by atoms with van der Waals surface area (Å²) in [7, 11) is -4.37. The van der Waals surface area contributed by atoms with E-state index in [0.717, 1.165) is 6.21 Å². The van der Waals surface area contributed by atoms with Crippen molar-refractivity contribution in [3.05, 3.63) is 23.0 Å². The summed E-state index contributed by atoms with van der Waals surface area (Å²) in [5.74, 6) is -1.54. The first-order valence-electron chi connectivity index (χ1n) is 5.74. The number of carboxylic acid groups (broad SMARTS) is 1. The summed E-state index contributed by atoms with van der Waals surface area (Å²) in [5, 5.41) is 18.8. The molecule has 4 N–H and O–H groups in total. The molecule has 0 saturated carbocycles. The van der Waals surface area contributed by atoms with Crippen LogP contribution >= 0.6 is 20.2 Å². The summed E-state index contributed by atoms with van der Waals surface area (Å²) in [6.07, 6.45) is 1.66. The summed E-state index contributed by atoms with van der Waals surface area (Å²) in [5.41, 5.74) is 0.362. The third kappa shape index (κ3) is 5.13. The Balaban J connectivity index is 3.25. The molecule has 0 fully saturated rings. The third-order valence-electron chi connectivity index (χ3n) is 2.58. The van der Waals surface area contributed by atoms with Crippen molar-refractivity contribution in [3.63, 3.8) is 0 Å². The minimum absolute atomic E-state index is 0.0406. The van der Waals surface area contributed by atoms with E-state index >= 15 is 0 Å². The van der Waals surface area contributed by atoms with E-state index in [2.05, 4.69) is 22.6 Å². The smallest absolute Gasteiger partial charge is 0.329 e. The third-order valence-corrected chi connectivity index (χ3v) is 3.67. The van der Waals surface area contributed by atoms with Crippen LogP contribution in [0.4, 0.5) is 0 Å². The zero-order valence-corrected chi connectivity index (χ0v) is 12.8. The summed E-state index contributed by atoms with van der Waals surface area (Å²) in [6, 6.07) is -1.12. The fourth-order valence-corrected chi connectivity index (χ4v) is 2.44. The molecule has 0 aliphatic rings. The van der Waals surface area contributed by atoms with E-state index in [0.29, 0.717) is 0 Å². The Morgan fingerprint density at radius 1 is 1.57 bits per heavy atom. The molecule has 8 nitrogen and oxygen atoms in total. The fourth-order valence-electron chi connectivity index (χ4n) is 1.50. The quantitative estimate of drug-likeness (QED) is 0.291. The maximum atomic E-state index is 11.1. The van der Waals surface area contributed by atoms with Gasteiger partial charge in [0.15, 0.2) is 6.04 Å². The van der Waals surface area contributed by atoms with Crippen molar-refractivity contribution in [1.29, 1.82) is 0 Å². The van der Waals surface area contributed by atoms with Gasteiger partial charge >= 0.3 is 13.6 Å². The van der Waals surface area contributed by atoms with Gasteiger partial charge in [-0.05, 0) is 12.5 Å². The molecule has 0 aliphatic carbocycles. The largest absolute Gasteiger partial charge is 0.505 e. The molecule has 1 aromatic rings. The van der Waals surface area contributed by atoms with Crippen LogP contribution < -0.4 is 0 Å². The van der Waals surface area contributed by atoms with Crippen molar-refractivity contribution in [3.8, 4) is 5.75 Å². The van der Waals surface area contributed by atoms with E-state index in [4.69, 9.17) is 14.9 Å². The molecular formula is C11H15N2O6PS. The van der Waals surface area contributed by atoms with Crippen molar-refractivity contribution >= 4 is 32.4 Å². The number of aromatic hydroxyl groups is 1. The number of thiol groups is 1. The number of hydrogen-bond acceptors (Lipinski definition) is 6. The second kappa shape index (κ2) is 7.04. The van der Waals surface area contributed by atoms with Crippen LogP contribution in [-0.2, 0) is 15.5 Å². The highest BCUT2D eigenvalue weighted by molar-refractivity contribution is 7.80. The average molecular weight is 334 g/mol. The number of pyridine rings is 1. The van der Waals surface area contributed by atoms with E-state index in [-0.39, 0.29) is 28.3 Å². The Bertz CT molecular complexity index is 615. The molecule has 1 atom stereocenters. The Hall–Kier alpha value is -1.41. The molecule has 0 amide bonds. The van der Waals surface area contributed by atoms with Gasteiger partial charge in [0, 0.05) is 23.7 Å².